The Morgan fingerprint density at radius 3 is 2.65 bits per heavy atom. The normalized spacial score (nSPS) is 10.7. The Morgan fingerprint density at radius 2 is 1.91 bits per heavy atom. The van der Waals surface area contributed by atoms with Crippen LogP contribution >= 0.6 is 15.9 Å². The standard InChI is InChI=1S/C19H17BrN2O/c1-13-7-8-17-15(11-13)16(19(23)21-10-9-20)12-18(22-17)14-5-3-2-4-6-14/h2-8,11-12H,9-10H2,1H3,(H,21,23). The van der Waals surface area contributed by atoms with Gasteiger partial charge in [0.25, 0.3) is 5.91 Å². The van der Waals surface area contributed by atoms with Gasteiger partial charge in [0.2, 0.25) is 0 Å². The van der Waals surface area contributed by atoms with Gasteiger partial charge in [0.15, 0.2) is 0 Å². The second kappa shape index (κ2) is 6.92. The molecule has 116 valence electrons. The first-order valence-electron chi connectivity index (χ1n) is 7.50. The molecule has 3 aromatic rings. The monoisotopic (exact) mass is 368 g/mol. The van der Waals surface area contributed by atoms with Gasteiger partial charge < -0.3 is 5.32 Å². The van der Waals surface area contributed by atoms with Crippen LogP contribution in [0.25, 0.3) is 22.2 Å². The molecule has 0 aliphatic carbocycles. The number of nitrogens with zero attached hydrogens (tertiary/aromatic N) is 1. The highest BCUT2D eigenvalue weighted by atomic mass is 79.9. The number of amides is 1. The molecule has 1 heterocycles. The number of nitrogens with one attached hydrogen (secondary N) is 1. The average Bonchev–Trinajstić information content (AvgIpc) is 2.59. The molecule has 0 aliphatic heterocycles. The number of carbonyl (C=O) groups excluding carboxylic acids is 1. The fraction of sp³-hybridized carbons (Fsp3) is 0.158. The summed E-state index contributed by atoms with van der Waals surface area (Å²) in [6.45, 7) is 2.61. The van der Waals surface area contributed by atoms with E-state index in [0.29, 0.717) is 12.1 Å². The lowest BCUT2D eigenvalue weighted by Crippen LogP contribution is -2.25. The first-order chi connectivity index (χ1) is 11.2. The van der Waals surface area contributed by atoms with Crippen LogP contribution in [-0.2, 0) is 0 Å². The molecule has 0 atom stereocenters. The SMILES string of the molecule is Cc1ccc2nc(-c3ccccc3)cc(C(=O)NCCBr)c2c1. The zero-order chi connectivity index (χ0) is 16.2. The number of aromatic nitrogens is 1. The highest BCUT2D eigenvalue weighted by Gasteiger charge is 2.13. The predicted octanol–water partition coefficient (Wildman–Crippen LogP) is 4.33. The van der Waals surface area contributed by atoms with Gasteiger partial charge in [-0.25, -0.2) is 4.98 Å². The second-order valence-electron chi connectivity index (χ2n) is 5.39. The minimum atomic E-state index is -0.0698. The maximum absolute atomic E-state index is 12.6. The van der Waals surface area contributed by atoms with Crippen LogP contribution in [-0.4, -0.2) is 22.8 Å². The average molecular weight is 369 g/mol. The number of benzene rings is 2. The molecule has 1 amide bonds. The Morgan fingerprint density at radius 1 is 1.13 bits per heavy atom. The zero-order valence-corrected chi connectivity index (χ0v) is 14.4. The number of carbonyl (C=O) groups is 1. The summed E-state index contributed by atoms with van der Waals surface area (Å²) in [6, 6.07) is 17.8. The van der Waals surface area contributed by atoms with Crippen molar-refractivity contribution in [2.45, 2.75) is 6.92 Å². The number of hydrogen-bond donors (Lipinski definition) is 1. The van der Waals surface area contributed by atoms with Crippen LogP contribution in [0.15, 0.2) is 54.6 Å². The molecule has 0 saturated carbocycles. The van der Waals surface area contributed by atoms with Gasteiger partial charge >= 0.3 is 0 Å². The Hall–Kier alpha value is -2.20. The van der Waals surface area contributed by atoms with Gasteiger partial charge in [0, 0.05) is 22.8 Å². The zero-order valence-electron chi connectivity index (χ0n) is 12.8. The lowest BCUT2D eigenvalue weighted by molar-refractivity contribution is 0.0958. The van der Waals surface area contributed by atoms with Gasteiger partial charge in [-0.2, -0.15) is 0 Å². The van der Waals surface area contributed by atoms with E-state index in [-0.39, 0.29) is 5.91 Å². The molecule has 0 bridgehead atoms. The highest BCUT2D eigenvalue weighted by Crippen LogP contribution is 2.25. The van der Waals surface area contributed by atoms with Crippen LogP contribution in [0.4, 0.5) is 0 Å². The van der Waals surface area contributed by atoms with Crippen molar-refractivity contribution in [1.82, 2.24) is 10.3 Å². The van der Waals surface area contributed by atoms with E-state index in [1.54, 1.807) is 0 Å². The van der Waals surface area contributed by atoms with Crippen LogP contribution in [0.5, 0.6) is 0 Å². The van der Waals surface area contributed by atoms with Crippen molar-refractivity contribution in [3.63, 3.8) is 0 Å². The highest BCUT2D eigenvalue weighted by molar-refractivity contribution is 9.09. The van der Waals surface area contributed by atoms with Crippen molar-refractivity contribution in [2.24, 2.45) is 0 Å². The van der Waals surface area contributed by atoms with E-state index < -0.39 is 0 Å². The summed E-state index contributed by atoms with van der Waals surface area (Å²) >= 11 is 3.34. The third kappa shape index (κ3) is 3.42. The number of fused-ring (bicyclic) bond motifs is 1. The lowest BCUT2D eigenvalue weighted by Gasteiger charge is -2.11. The molecule has 0 fully saturated rings. The summed E-state index contributed by atoms with van der Waals surface area (Å²) < 4.78 is 0. The van der Waals surface area contributed by atoms with Gasteiger partial charge in [-0.1, -0.05) is 57.9 Å². The second-order valence-corrected chi connectivity index (χ2v) is 6.18. The third-order valence-electron chi connectivity index (χ3n) is 3.66. The Labute approximate surface area is 143 Å². The van der Waals surface area contributed by atoms with E-state index in [1.165, 1.54) is 0 Å². The third-order valence-corrected chi connectivity index (χ3v) is 4.05. The molecule has 4 heteroatoms. The molecular weight excluding hydrogens is 352 g/mol. The van der Waals surface area contributed by atoms with Crippen molar-refractivity contribution in [3.05, 3.63) is 65.7 Å². The Bertz CT molecular complexity index is 847. The molecule has 0 saturated heterocycles. The lowest BCUT2D eigenvalue weighted by atomic mass is 10.0. The number of aryl methyl sites for hydroxylation is 1. The minimum absolute atomic E-state index is 0.0698. The fourth-order valence-corrected chi connectivity index (χ4v) is 2.74. The molecule has 3 nitrogen and oxygen atoms in total. The van der Waals surface area contributed by atoms with Crippen LogP contribution in [0.2, 0.25) is 0 Å². The molecule has 23 heavy (non-hydrogen) atoms. The summed E-state index contributed by atoms with van der Waals surface area (Å²) in [6.07, 6.45) is 0. The quantitative estimate of drug-likeness (QED) is 0.696. The van der Waals surface area contributed by atoms with Crippen molar-refractivity contribution in [3.8, 4) is 11.3 Å². The minimum Gasteiger partial charge on any atom is -0.351 e. The maximum Gasteiger partial charge on any atom is 0.252 e. The number of pyridine rings is 1. The number of hydrogen-bond acceptors (Lipinski definition) is 2. The van der Waals surface area contributed by atoms with E-state index >= 15 is 0 Å². The van der Waals surface area contributed by atoms with Crippen molar-refractivity contribution < 1.29 is 4.79 Å². The molecule has 0 spiro atoms. The van der Waals surface area contributed by atoms with Crippen molar-refractivity contribution >= 4 is 32.7 Å². The first kappa shape index (κ1) is 15.7. The van der Waals surface area contributed by atoms with E-state index in [9.17, 15) is 4.79 Å². The van der Waals surface area contributed by atoms with Crippen LogP contribution in [0, 0.1) is 6.92 Å². The van der Waals surface area contributed by atoms with Gasteiger partial charge in [0.1, 0.15) is 0 Å². The molecular formula is C19H17BrN2O. The van der Waals surface area contributed by atoms with Crippen LogP contribution in [0.1, 0.15) is 15.9 Å². The van der Waals surface area contributed by atoms with Crippen molar-refractivity contribution in [1.29, 1.82) is 0 Å². The number of halogens is 1. The predicted molar refractivity (Wildman–Crippen MR) is 98.0 cm³/mol. The summed E-state index contributed by atoms with van der Waals surface area (Å²) in [5.41, 5.74) is 4.43. The summed E-state index contributed by atoms with van der Waals surface area (Å²) in [5, 5.41) is 4.54. The molecule has 0 aliphatic rings. The maximum atomic E-state index is 12.6. The van der Waals surface area contributed by atoms with E-state index in [1.807, 2.05) is 61.5 Å². The first-order valence-corrected chi connectivity index (χ1v) is 8.62. The molecule has 1 aromatic heterocycles. The molecule has 2 aromatic carbocycles. The van der Waals surface area contributed by atoms with E-state index in [2.05, 4.69) is 21.2 Å². The number of rotatable bonds is 4. The van der Waals surface area contributed by atoms with Crippen LogP contribution in [0.3, 0.4) is 0 Å². The van der Waals surface area contributed by atoms with E-state index in [0.717, 1.165) is 33.1 Å². The van der Waals surface area contributed by atoms with Crippen molar-refractivity contribution in [2.75, 3.05) is 11.9 Å². The summed E-state index contributed by atoms with van der Waals surface area (Å²) in [4.78, 5) is 17.3. The largest absolute Gasteiger partial charge is 0.351 e. The Balaban J connectivity index is 2.18. The summed E-state index contributed by atoms with van der Waals surface area (Å²) in [5.74, 6) is -0.0698. The van der Waals surface area contributed by atoms with Gasteiger partial charge in [-0.3, -0.25) is 4.79 Å². The summed E-state index contributed by atoms with van der Waals surface area (Å²) in [7, 11) is 0. The topological polar surface area (TPSA) is 42.0 Å². The fourth-order valence-electron chi connectivity index (χ4n) is 2.54. The van der Waals surface area contributed by atoms with Gasteiger partial charge in [-0.05, 0) is 25.1 Å². The molecule has 1 N–H and O–H groups in total. The van der Waals surface area contributed by atoms with E-state index in [4.69, 9.17) is 4.98 Å². The molecule has 0 unspecified atom stereocenters. The molecule has 3 rings (SSSR count). The van der Waals surface area contributed by atoms with Crippen LogP contribution < -0.4 is 5.32 Å². The molecule has 0 radical (unpaired) electrons. The van der Waals surface area contributed by atoms with Gasteiger partial charge in [-0.15, -0.1) is 0 Å². The smallest absolute Gasteiger partial charge is 0.252 e. The van der Waals surface area contributed by atoms with Gasteiger partial charge in [0.05, 0.1) is 16.8 Å². The Kier molecular flexibility index (Phi) is 4.72. The number of alkyl halides is 1.